The first kappa shape index (κ1) is 19.5. The van der Waals surface area contributed by atoms with Gasteiger partial charge in [0.25, 0.3) is 5.91 Å². The minimum atomic E-state index is -1.01. The number of para-hydroxylation sites is 2. The molecule has 26 heavy (non-hydrogen) atoms. The minimum Gasteiger partial charge on any atom is -0.493 e. The first-order valence-corrected chi connectivity index (χ1v) is 8.04. The number of benzene rings is 2. The van der Waals surface area contributed by atoms with Crippen molar-refractivity contribution < 1.29 is 28.2 Å². The summed E-state index contributed by atoms with van der Waals surface area (Å²) in [5.41, 5.74) is -0.401. The van der Waals surface area contributed by atoms with E-state index in [0.717, 1.165) is 6.07 Å². The van der Waals surface area contributed by atoms with Crippen molar-refractivity contribution >= 4 is 23.5 Å². The number of rotatable bonds is 8. The van der Waals surface area contributed by atoms with Crippen molar-refractivity contribution in [2.75, 3.05) is 26.9 Å². The van der Waals surface area contributed by atoms with Crippen LogP contribution in [0.25, 0.3) is 0 Å². The molecular formula is C18H17ClFNO5. The van der Waals surface area contributed by atoms with Crippen LogP contribution in [0.1, 0.15) is 10.4 Å². The van der Waals surface area contributed by atoms with Crippen molar-refractivity contribution in [3.8, 4) is 11.5 Å². The van der Waals surface area contributed by atoms with Gasteiger partial charge in [-0.15, -0.1) is 0 Å². The van der Waals surface area contributed by atoms with Crippen LogP contribution in [0.3, 0.4) is 0 Å². The van der Waals surface area contributed by atoms with E-state index in [9.17, 15) is 14.0 Å². The van der Waals surface area contributed by atoms with Crippen LogP contribution in [0.4, 0.5) is 4.39 Å². The average Bonchev–Trinajstić information content (AvgIpc) is 2.63. The molecule has 6 nitrogen and oxygen atoms in total. The second-order valence-electron chi connectivity index (χ2n) is 5.02. The summed E-state index contributed by atoms with van der Waals surface area (Å²) < 4.78 is 29.0. The number of hydrogen-bond acceptors (Lipinski definition) is 5. The minimum absolute atomic E-state index is 0.0828. The van der Waals surface area contributed by atoms with Gasteiger partial charge >= 0.3 is 5.97 Å². The van der Waals surface area contributed by atoms with E-state index in [1.807, 2.05) is 6.07 Å². The van der Waals surface area contributed by atoms with Gasteiger partial charge in [-0.1, -0.05) is 29.8 Å². The lowest BCUT2D eigenvalue weighted by Crippen LogP contribution is -2.32. The van der Waals surface area contributed by atoms with Gasteiger partial charge in [0, 0.05) is 0 Å². The highest BCUT2D eigenvalue weighted by Crippen LogP contribution is 2.25. The Labute approximate surface area is 154 Å². The summed E-state index contributed by atoms with van der Waals surface area (Å²) in [6, 6.07) is 10.9. The Morgan fingerprint density at radius 1 is 1.12 bits per heavy atom. The quantitative estimate of drug-likeness (QED) is 0.562. The van der Waals surface area contributed by atoms with Crippen LogP contribution in [0.2, 0.25) is 5.02 Å². The average molecular weight is 382 g/mol. The molecule has 1 N–H and O–H groups in total. The summed E-state index contributed by atoms with van der Waals surface area (Å²) in [5, 5.41) is 2.43. The molecule has 0 heterocycles. The van der Waals surface area contributed by atoms with Crippen molar-refractivity contribution in [3.05, 3.63) is 58.9 Å². The standard InChI is InChI=1S/C18H17ClFNO5/c1-24-14-7-2-3-8-15(14)25-10-9-21-16(22)11-26-18(23)17-12(19)5-4-6-13(17)20/h2-8H,9-11H2,1H3,(H,21,22). The fourth-order valence-corrected chi connectivity index (χ4v) is 2.28. The third-order valence-electron chi connectivity index (χ3n) is 3.25. The predicted octanol–water partition coefficient (Wildman–Crippen LogP) is 2.84. The lowest BCUT2D eigenvalue weighted by Gasteiger charge is -2.11. The fraction of sp³-hybridized carbons (Fsp3) is 0.222. The monoisotopic (exact) mass is 381 g/mol. The second kappa shape index (κ2) is 9.62. The molecule has 0 aliphatic heterocycles. The van der Waals surface area contributed by atoms with Gasteiger partial charge in [-0.3, -0.25) is 4.79 Å². The van der Waals surface area contributed by atoms with E-state index in [1.54, 1.807) is 18.2 Å². The topological polar surface area (TPSA) is 73.9 Å². The van der Waals surface area contributed by atoms with Gasteiger partial charge in [-0.2, -0.15) is 0 Å². The molecule has 8 heteroatoms. The van der Waals surface area contributed by atoms with Crippen molar-refractivity contribution in [3.63, 3.8) is 0 Å². The Balaban J connectivity index is 1.73. The molecule has 0 aliphatic carbocycles. The van der Waals surface area contributed by atoms with Gasteiger partial charge in [-0.05, 0) is 24.3 Å². The van der Waals surface area contributed by atoms with E-state index in [4.69, 9.17) is 25.8 Å². The van der Waals surface area contributed by atoms with E-state index in [-0.39, 0.29) is 18.2 Å². The van der Waals surface area contributed by atoms with Crippen LogP contribution in [0.5, 0.6) is 11.5 Å². The number of ether oxygens (including phenoxy) is 3. The van der Waals surface area contributed by atoms with Crippen LogP contribution >= 0.6 is 11.6 Å². The molecular weight excluding hydrogens is 365 g/mol. The van der Waals surface area contributed by atoms with E-state index >= 15 is 0 Å². The summed E-state index contributed by atoms with van der Waals surface area (Å²) in [7, 11) is 1.53. The Morgan fingerprint density at radius 3 is 2.54 bits per heavy atom. The zero-order valence-electron chi connectivity index (χ0n) is 14.0. The largest absolute Gasteiger partial charge is 0.493 e. The Kier molecular flexibility index (Phi) is 7.23. The van der Waals surface area contributed by atoms with Gasteiger partial charge < -0.3 is 19.5 Å². The van der Waals surface area contributed by atoms with Gasteiger partial charge in [0.05, 0.1) is 18.7 Å². The Morgan fingerprint density at radius 2 is 1.85 bits per heavy atom. The second-order valence-corrected chi connectivity index (χ2v) is 5.43. The normalized spacial score (nSPS) is 10.1. The molecule has 0 spiro atoms. The maximum atomic E-state index is 13.6. The molecule has 2 aromatic rings. The lowest BCUT2D eigenvalue weighted by atomic mass is 10.2. The summed E-state index contributed by atoms with van der Waals surface area (Å²) >= 11 is 5.76. The van der Waals surface area contributed by atoms with Crippen LogP contribution < -0.4 is 14.8 Å². The van der Waals surface area contributed by atoms with Crippen molar-refractivity contribution in [1.82, 2.24) is 5.32 Å². The highest BCUT2D eigenvalue weighted by molar-refractivity contribution is 6.33. The molecule has 0 saturated heterocycles. The first-order chi connectivity index (χ1) is 12.5. The van der Waals surface area contributed by atoms with E-state index < -0.39 is 29.9 Å². The van der Waals surface area contributed by atoms with E-state index in [2.05, 4.69) is 5.32 Å². The summed E-state index contributed by atoms with van der Waals surface area (Å²) in [6.07, 6.45) is 0. The van der Waals surface area contributed by atoms with Crippen molar-refractivity contribution in [2.24, 2.45) is 0 Å². The maximum Gasteiger partial charge on any atom is 0.343 e. The molecule has 0 radical (unpaired) electrons. The van der Waals surface area contributed by atoms with Crippen LogP contribution in [0.15, 0.2) is 42.5 Å². The number of hydrogen-bond donors (Lipinski definition) is 1. The Bertz CT molecular complexity index is 764. The molecule has 0 saturated carbocycles. The smallest absolute Gasteiger partial charge is 0.343 e. The van der Waals surface area contributed by atoms with Crippen molar-refractivity contribution in [1.29, 1.82) is 0 Å². The number of halogens is 2. The first-order valence-electron chi connectivity index (χ1n) is 7.66. The third-order valence-corrected chi connectivity index (χ3v) is 3.57. The lowest BCUT2D eigenvalue weighted by molar-refractivity contribution is -0.124. The molecule has 0 aromatic heterocycles. The maximum absolute atomic E-state index is 13.6. The summed E-state index contributed by atoms with van der Waals surface area (Å²) in [6.45, 7) is -0.174. The highest BCUT2D eigenvalue weighted by Gasteiger charge is 2.18. The zero-order valence-corrected chi connectivity index (χ0v) is 14.7. The predicted molar refractivity (Wildman–Crippen MR) is 93.2 cm³/mol. The number of carbonyl (C=O) groups is 2. The molecule has 138 valence electrons. The Hall–Kier alpha value is -2.80. The number of amides is 1. The molecule has 0 unspecified atom stereocenters. The molecule has 2 rings (SSSR count). The molecule has 0 aliphatic rings. The third kappa shape index (κ3) is 5.35. The van der Waals surface area contributed by atoms with Gasteiger partial charge in [0.1, 0.15) is 18.0 Å². The van der Waals surface area contributed by atoms with Crippen LogP contribution in [-0.4, -0.2) is 38.7 Å². The zero-order chi connectivity index (χ0) is 18.9. The number of nitrogens with one attached hydrogen (secondary N) is 1. The highest BCUT2D eigenvalue weighted by atomic mass is 35.5. The molecule has 0 fully saturated rings. The number of esters is 1. The molecule has 1 amide bonds. The van der Waals surface area contributed by atoms with Gasteiger partial charge in [0.15, 0.2) is 18.1 Å². The van der Waals surface area contributed by atoms with E-state index in [1.165, 1.54) is 19.2 Å². The van der Waals surface area contributed by atoms with E-state index in [0.29, 0.717) is 11.5 Å². The van der Waals surface area contributed by atoms with Gasteiger partial charge in [0.2, 0.25) is 0 Å². The van der Waals surface area contributed by atoms with Crippen LogP contribution in [-0.2, 0) is 9.53 Å². The summed E-state index contributed by atoms with van der Waals surface area (Å²) in [5.74, 6) is -1.24. The summed E-state index contributed by atoms with van der Waals surface area (Å²) in [4.78, 5) is 23.5. The molecule has 0 bridgehead atoms. The van der Waals surface area contributed by atoms with Crippen LogP contribution in [0, 0.1) is 5.82 Å². The van der Waals surface area contributed by atoms with Crippen molar-refractivity contribution in [2.45, 2.75) is 0 Å². The SMILES string of the molecule is COc1ccccc1OCCNC(=O)COC(=O)c1c(F)cccc1Cl. The number of methoxy groups -OCH3 is 1. The molecule has 2 aromatic carbocycles. The molecule has 0 atom stereocenters. The number of carbonyl (C=O) groups excluding carboxylic acids is 2. The fourth-order valence-electron chi connectivity index (χ4n) is 2.04. The van der Waals surface area contributed by atoms with Gasteiger partial charge in [-0.25, -0.2) is 9.18 Å².